The van der Waals surface area contributed by atoms with Gasteiger partial charge in [0.05, 0.1) is 6.10 Å². The summed E-state index contributed by atoms with van der Waals surface area (Å²) in [5.41, 5.74) is 2.86. The third-order valence-corrected chi connectivity index (χ3v) is 7.75. The van der Waals surface area contributed by atoms with Gasteiger partial charge in [0.25, 0.3) is 0 Å². The first-order valence-corrected chi connectivity index (χ1v) is 12.6. The smallest absolute Gasteiger partial charge is 0.225 e. The van der Waals surface area contributed by atoms with Gasteiger partial charge in [0.2, 0.25) is 5.91 Å². The van der Waals surface area contributed by atoms with Crippen molar-refractivity contribution in [1.82, 2.24) is 14.7 Å². The number of aryl methyl sites for hydroxylation is 1. The third-order valence-electron chi connectivity index (χ3n) is 7.75. The number of benzene rings is 1. The summed E-state index contributed by atoms with van der Waals surface area (Å²) in [4.78, 5) is 20.4. The molecule has 3 fully saturated rings. The lowest BCUT2D eigenvalue weighted by Crippen LogP contribution is -2.50. The highest BCUT2D eigenvalue weighted by molar-refractivity contribution is 5.79. The van der Waals surface area contributed by atoms with Gasteiger partial charge in [-0.1, -0.05) is 24.3 Å². The van der Waals surface area contributed by atoms with Crippen molar-refractivity contribution in [3.63, 3.8) is 0 Å². The number of carbonyl (C=O) groups is 1. The number of rotatable bonds is 7. The fourth-order valence-electron chi connectivity index (χ4n) is 5.65. The molecule has 1 aromatic carbocycles. The maximum atomic E-state index is 13.1. The summed E-state index contributed by atoms with van der Waals surface area (Å²) in [6.07, 6.45) is 7.04. The highest BCUT2D eigenvalue weighted by Gasteiger charge is 2.33. The van der Waals surface area contributed by atoms with Crippen molar-refractivity contribution in [3.05, 3.63) is 35.4 Å². The van der Waals surface area contributed by atoms with Gasteiger partial charge in [-0.3, -0.25) is 9.69 Å². The average molecular weight is 428 g/mol. The Kier molecular flexibility index (Phi) is 8.02. The molecule has 4 rings (SSSR count). The van der Waals surface area contributed by atoms with E-state index in [2.05, 4.69) is 52.8 Å². The number of likely N-dealkylation sites (N-methyl/N-ethyl adjacent to an activating group) is 1. The molecule has 1 atom stereocenters. The average Bonchev–Trinajstić information content (AvgIpc) is 3.32. The standard InChI is InChI=1S/C26H41N3O2/c1-3-28(20-25-9-6-18-31-25)26(30)22-10-16-29(17-11-22)24-12-14-27(15-13-24)19-23-8-5-4-7-21(23)2/h4-5,7-8,22,24-25H,3,6,9-20H2,1-2H3/t25-/m1/s1. The van der Waals surface area contributed by atoms with Crippen LogP contribution in [-0.4, -0.2) is 78.6 Å². The molecule has 3 heterocycles. The molecule has 0 radical (unpaired) electrons. The predicted molar refractivity (Wildman–Crippen MR) is 125 cm³/mol. The summed E-state index contributed by atoms with van der Waals surface area (Å²) >= 11 is 0. The van der Waals surface area contributed by atoms with Crippen LogP contribution in [0.1, 0.15) is 56.6 Å². The first-order valence-electron chi connectivity index (χ1n) is 12.6. The van der Waals surface area contributed by atoms with Crippen LogP contribution in [0, 0.1) is 12.8 Å². The van der Waals surface area contributed by atoms with Crippen LogP contribution in [0.15, 0.2) is 24.3 Å². The topological polar surface area (TPSA) is 36.0 Å². The first-order chi connectivity index (χ1) is 15.1. The van der Waals surface area contributed by atoms with Crippen LogP contribution in [0.4, 0.5) is 0 Å². The number of ether oxygens (including phenoxy) is 1. The van der Waals surface area contributed by atoms with E-state index in [9.17, 15) is 4.79 Å². The van der Waals surface area contributed by atoms with E-state index in [1.165, 1.54) is 37.1 Å². The SMILES string of the molecule is CCN(C[C@H]1CCCO1)C(=O)C1CCN(C2CCN(Cc3ccccc3C)CC2)CC1. The van der Waals surface area contributed by atoms with Crippen LogP contribution in [0.25, 0.3) is 0 Å². The molecule has 1 amide bonds. The molecule has 3 aliphatic rings. The second kappa shape index (κ2) is 10.9. The largest absolute Gasteiger partial charge is 0.376 e. The van der Waals surface area contributed by atoms with Gasteiger partial charge >= 0.3 is 0 Å². The van der Waals surface area contributed by atoms with Gasteiger partial charge in [-0.15, -0.1) is 0 Å². The van der Waals surface area contributed by atoms with E-state index >= 15 is 0 Å². The van der Waals surface area contributed by atoms with Crippen LogP contribution >= 0.6 is 0 Å². The van der Waals surface area contributed by atoms with Crippen molar-refractivity contribution in [2.24, 2.45) is 5.92 Å². The van der Waals surface area contributed by atoms with Crippen molar-refractivity contribution < 1.29 is 9.53 Å². The maximum absolute atomic E-state index is 13.1. The van der Waals surface area contributed by atoms with E-state index in [1.54, 1.807) is 0 Å². The zero-order chi connectivity index (χ0) is 21.6. The predicted octanol–water partition coefficient (Wildman–Crippen LogP) is 3.70. The van der Waals surface area contributed by atoms with Crippen LogP contribution in [0.2, 0.25) is 0 Å². The van der Waals surface area contributed by atoms with Crippen LogP contribution in [-0.2, 0) is 16.1 Å². The Labute approximate surface area is 188 Å². The Morgan fingerprint density at radius 2 is 1.81 bits per heavy atom. The lowest BCUT2D eigenvalue weighted by molar-refractivity contribution is -0.138. The second-order valence-electron chi connectivity index (χ2n) is 9.76. The highest BCUT2D eigenvalue weighted by Crippen LogP contribution is 2.26. The Balaban J connectivity index is 1.20. The van der Waals surface area contributed by atoms with Crippen LogP contribution in [0.5, 0.6) is 0 Å². The van der Waals surface area contributed by atoms with Gasteiger partial charge in [0, 0.05) is 38.2 Å². The summed E-state index contributed by atoms with van der Waals surface area (Å²) in [5, 5.41) is 0. The van der Waals surface area contributed by atoms with Crippen molar-refractivity contribution in [2.45, 2.75) is 71.1 Å². The van der Waals surface area contributed by atoms with E-state index in [1.807, 2.05) is 0 Å². The number of carbonyl (C=O) groups excluding carboxylic acids is 1. The summed E-state index contributed by atoms with van der Waals surface area (Å²) in [5.74, 6) is 0.574. The maximum Gasteiger partial charge on any atom is 0.225 e. The fraction of sp³-hybridized carbons (Fsp3) is 0.731. The molecular weight excluding hydrogens is 386 g/mol. The molecule has 3 saturated heterocycles. The molecule has 0 spiro atoms. The molecular formula is C26H41N3O2. The van der Waals surface area contributed by atoms with Crippen molar-refractivity contribution in [3.8, 4) is 0 Å². The number of amides is 1. The Morgan fingerprint density at radius 3 is 2.45 bits per heavy atom. The van der Waals surface area contributed by atoms with Gasteiger partial charge in [-0.2, -0.15) is 0 Å². The third kappa shape index (κ3) is 5.88. The van der Waals surface area contributed by atoms with Crippen molar-refractivity contribution in [2.75, 3.05) is 45.9 Å². The summed E-state index contributed by atoms with van der Waals surface area (Å²) in [6.45, 7) is 12.4. The Hall–Kier alpha value is -1.43. The Morgan fingerprint density at radius 1 is 1.06 bits per heavy atom. The molecule has 31 heavy (non-hydrogen) atoms. The molecule has 0 N–H and O–H groups in total. The Bertz CT molecular complexity index is 702. The molecule has 0 aromatic heterocycles. The number of nitrogens with zero attached hydrogens (tertiary/aromatic N) is 3. The molecule has 0 unspecified atom stereocenters. The normalized spacial score (nSPS) is 24.5. The number of piperidine rings is 2. The zero-order valence-electron chi connectivity index (χ0n) is 19.6. The fourth-order valence-corrected chi connectivity index (χ4v) is 5.65. The minimum absolute atomic E-state index is 0.207. The van der Waals surface area contributed by atoms with Crippen molar-refractivity contribution >= 4 is 5.91 Å². The van der Waals surface area contributed by atoms with Crippen LogP contribution < -0.4 is 0 Å². The summed E-state index contributed by atoms with van der Waals surface area (Å²) in [7, 11) is 0. The minimum Gasteiger partial charge on any atom is -0.376 e. The van der Waals surface area contributed by atoms with Gasteiger partial charge in [0.15, 0.2) is 0 Å². The van der Waals surface area contributed by atoms with Gasteiger partial charge in [-0.05, 0) is 89.7 Å². The van der Waals surface area contributed by atoms with Gasteiger partial charge < -0.3 is 14.5 Å². The van der Waals surface area contributed by atoms with Gasteiger partial charge in [0.1, 0.15) is 0 Å². The van der Waals surface area contributed by atoms with E-state index in [0.717, 1.165) is 65.0 Å². The summed E-state index contributed by atoms with van der Waals surface area (Å²) < 4.78 is 5.77. The first kappa shape index (κ1) is 22.8. The van der Waals surface area contributed by atoms with E-state index < -0.39 is 0 Å². The number of hydrogen-bond acceptors (Lipinski definition) is 4. The molecule has 1 aromatic rings. The summed E-state index contributed by atoms with van der Waals surface area (Å²) in [6, 6.07) is 9.46. The van der Waals surface area contributed by atoms with E-state index in [-0.39, 0.29) is 12.0 Å². The second-order valence-corrected chi connectivity index (χ2v) is 9.76. The molecule has 172 valence electrons. The van der Waals surface area contributed by atoms with Gasteiger partial charge in [-0.25, -0.2) is 0 Å². The molecule has 0 bridgehead atoms. The number of hydrogen-bond donors (Lipinski definition) is 0. The molecule has 0 saturated carbocycles. The zero-order valence-corrected chi connectivity index (χ0v) is 19.6. The lowest BCUT2D eigenvalue weighted by Gasteiger charge is -2.42. The van der Waals surface area contributed by atoms with E-state index in [0.29, 0.717) is 11.9 Å². The quantitative estimate of drug-likeness (QED) is 0.665. The molecule has 5 nitrogen and oxygen atoms in total. The van der Waals surface area contributed by atoms with E-state index in [4.69, 9.17) is 4.74 Å². The van der Waals surface area contributed by atoms with Crippen LogP contribution in [0.3, 0.4) is 0 Å². The number of likely N-dealkylation sites (tertiary alicyclic amines) is 2. The minimum atomic E-state index is 0.207. The van der Waals surface area contributed by atoms with Crippen molar-refractivity contribution in [1.29, 1.82) is 0 Å². The highest BCUT2D eigenvalue weighted by atomic mass is 16.5. The molecule has 3 aliphatic heterocycles. The monoisotopic (exact) mass is 427 g/mol. The lowest BCUT2D eigenvalue weighted by atomic mass is 9.92. The molecule has 5 heteroatoms. The molecule has 0 aliphatic carbocycles.